The first-order valence-electron chi connectivity index (χ1n) is 16.4. The second-order valence-corrected chi connectivity index (χ2v) is 13.1. The van der Waals surface area contributed by atoms with Crippen LogP contribution in [0.2, 0.25) is 0 Å². The fraction of sp³-hybridized carbons (Fsp3) is 0.432. The molecule has 3 fully saturated rings. The molecule has 3 aliphatic rings. The Bertz CT molecular complexity index is 1590. The Hall–Kier alpha value is -3.97. The van der Waals surface area contributed by atoms with E-state index in [0.717, 1.165) is 50.2 Å². The molecule has 3 aliphatic heterocycles. The number of likely N-dealkylation sites (tertiary alicyclic amines) is 1. The van der Waals surface area contributed by atoms with E-state index >= 15 is 0 Å². The van der Waals surface area contributed by atoms with Crippen molar-refractivity contribution in [1.82, 2.24) is 24.7 Å². The van der Waals surface area contributed by atoms with Gasteiger partial charge in [-0.25, -0.2) is 4.98 Å². The number of aryl methyl sites for hydroxylation is 1. The minimum atomic E-state index is -0.204. The Labute approximate surface area is 260 Å². The molecule has 44 heavy (non-hydrogen) atoms. The molecule has 0 saturated carbocycles. The summed E-state index contributed by atoms with van der Waals surface area (Å²) in [7, 11) is 0. The molecule has 0 aliphatic carbocycles. The number of para-hydroxylation sites is 2. The minimum absolute atomic E-state index is 0.00150. The van der Waals surface area contributed by atoms with Crippen LogP contribution in [-0.2, 0) is 10.2 Å². The summed E-state index contributed by atoms with van der Waals surface area (Å²) >= 11 is 0. The first-order chi connectivity index (χ1) is 21.5. The standard InChI is InChI=1S/C37H43N5O2/c1-27-39-33-14-8-9-15-34(33)42(27)32-24-30-16-17-31(25-32)41(30)23-20-37(29-12-6-3-7-13-29)18-21-40(22-19-37)35(43)26-38-36(44)28-10-4-2-5-11-28/h2-15,30-32H,16-26H2,1H3,(H,38,44). The smallest absolute Gasteiger partial charge is 0.251 e. The molecule has 2 unspecified atom stereocenters. The van der Waals surface area contributed by atoms with Crippen LogP contribution in [0.15, 0.2) is 84.9 Å². The molecule has 3 aromatic carbocycles. The van der Waals surface area contributed by atoms with Crippen molar-refractivity contribution in [2.24, 2.45) is 0 Å². The van der Waals surface area contributed by atoms with E-state index in [1.54, 1.807) is 12.1 Å². The summed E-state index contributed by atoms with van der Waals surface area (Å²) in [6.07, 6.45) is 7.93. The van der Waals surface area contributed by atoms with Gasteiger partial charge in [0.1, 0.15) is 5.82 Å². The van der Waals surface area contributed by atoms with Crippen molar-refractivity contribution >= 4 is 22.8 Å². The van der Waals surface area contributed by atoms with Gasteiger partial charge in [0, 0.05) is 36.8 Å². The molecule has 2 atom stereocenters. The van der Waals surface area contributed by atoms with Crippen molar-refractivity contribution in [3.05, 3.63) is 102 Å². The van der Waals surface area contributed by atoms with E-state index in [9.17, 15) is 9.59 Å². The number of benzene rings is 3. The molecule has 4 aromatic rings. The quantitative estimate of drug-likeness (QED) is 0.278. The molecule has 4 heterocycles. The first kappa shape index (κ1) is 28.8. The lowest BCUT2D eigenvalue weighted by atomic mass is 9.70. The summed E-state index contributed by atoms with van der Waals surface area (Å²) in [5, 5.41) is 2.82. The molecular weight excluding hydrogens is 546 g/mol. The molecule has 7 heteroatoms. The van der Waals surface area contributed by atoms with Crippen molar-refractivity contribution < 1.29 is 9.59 Å². The molecule has 228 valence electrons. The number of nitrogens with one attached hydrogen (secondary N) is 1. The van der Waals surface area contributed by atoms with E-state index in [1.807, 2.05) is 23.1 Å². The van der Waals surface area contributed by atoms with Crippen LogP contribution in [0.5, 0.6) is 0 Å². The highest BCUT2D eigenvalue weighted by Gasteiger charge is 2.44. The number of carbonyl (C=O) groups excluding carboxylic acids is 2. The zero-order valence-corrected chi connectivity index (χ0v) is 25.7. The Morgan fingerprint density at radius 1 is 0.841 bits per heavy atom. The number of rotatable bonds is 8. The normalized spacial score (nSPS) is 23.1. The van der Waals surface area contributed by atoms with E-state index in [2.05, 4.69) is 76.3 Å². The highest BCUT2D eigenvalue weighted by Crippen LogP contribution is 2.45. The second kappa shape index (κ2) is 12.2. The average Bonchev–Trinajstić information content (AvgIpc) is 3.53. The van der Waals surface area contributed by atoms with Crippen molar-refractivity contribution in [1.29, 1.82) is 0 Å². The average molecular weight is 590 g/mol. The van der Waals surface area contributed by atoms with Gasteiger partial charge in [0.2, 0.25) is 5.91 Å². The summed E-state index contributed by atoms with van der Waals surface area (Å²) in [4.78, 5) is 35.2. The number of imidazole rings is 1. The molecule has 0 spiro atoms. The predicted molar refractivity (Wildman–Crippen MR) is 174 cm³/mol. The third kappa shape index (κ3) is 5.54. The van der Waals surface area contributed by atoms with Crippen molar-refractivity contribution in [2.75, 3.05) is 26.2 Å². The molecular formula is C37H43N5O2. The van der Waals surface area contributed by atoms with Crippen LogP contribution >= 0.6 is 0 Å². The van der Waals surface area contributed by atoms with Gasteiger partial charge in [-0.05, 0) is 93.7 Å². The van der Waals surface area contributed by atoms with E-state index in [1.165, 1.54) is 36.8 Å². The van der Waals surface area contributed by atoms with Gasteiger partial charge < -0.3 is 14.8 Å². The van der Waals surface area contributed by atoms with Gasteiger partial charge in [-0.15, -0.1) is 0 Å². The first-order valence-corrected chi connectivity index (χ1v) is 16.4. The maximum Gasteiger partial charge on any atom is 0.251 e. The minimum Gasteiger partial charge on any atom is -0.343 e. The van der Waals surface area contributed by atoms with Gasteiger partial charge in [0.25, 0.3) is 5.91 Å². The third-order valence-electron chi connectivity index (χ3n) is 10.7. The van der Waals surface area contributed by atoms with Gasteiger partial charge in [-0.3, -0.25) is 14.5 Å². The Balaban J connectivity index is 1.00. The van der Waals surface area contributed by atoms with E-state index in [-0.39, 0.29) is 23.8 Å². The maximum atomic E-state index is 13.1. The van der Waals surface area contributed by atoms with Crippen LogP contribution in [0, 0.1) is 6.92 Å². The summed E-state index contributed by atoms with van der Waals surface area (Å²) < 4.78 is 2.51. The van der Waals surface area contributed by atoms with Gasteiger partial charge in [-0.2, -0.15) is 0 Å². The fourth-order valence-electron chi connectivity index (χ4n) is 8.41. The summed E-state index contributed by atoms with van der Waals surface area (Å²) in [5.74, 6) is 0.927. The van der Waals surface area contributed by atoms with Crippen LogP contribution in [0.3, 0.4) is 0 Å². The number of hydrogen-bond acceptors (Lipinski definition) is 4. The highest BCUT2D eigenvalue weighted by molar-refractivity contribution is 5.96. The molecule has 7 nitrogen and oxygen atoms in total. The third-order valence-corrected chi connectivity index (χ3v) is 10.7. The molecule has 0 radical (unpaired) electrons. The van der Waals surface area contributed by atoms with Crippen molar-refractivity contribution in [2.45, 2.75) is 75.4 Å². The number of fused-ring (bicyclic) bond motifs is 3. The molecule has 1 N–H and O–H groups in total. The number of carbonyl (C=O) groups is 2. The van der Waals surface area contributed by atoms with Crippen LogP contribution in [0.25, 0.3) is 11.0 Å². The van der Waals surface area contributed by atoms with Crippen LogP contribution in [0.4, 0.5) is 0 Å². The van der Waals surface area contributed by atoms with Gasteiger partial charge in [0.05, 0.1) is 17.6 Å². The molecule has 3 saturated heterocycles. The lowest BCUT2D eigenvalue weighted by Gasteiger charge is -2.45. The van der Waals surface area contributed by atoms with Gasteiger partial charge in [-0.1, -0.05) is 60.7 Å². The topological polar surface area (TPSA) is 70.5 Å². The largest absolute Gasteiger partial charge is 0.343 e. The van der Waals surface area contributed by atoms with Gasteiger partial charge >= 0.3 is 0 Å². The van der Waals surface area contributed by atoms with E-state index in [4.69, 9.17) is 4.98 Å². The van der Waals surface area contributed by atoms with E-state index in [0.29, 0.717) is 23.7 Å². The fourth-order valence-corrected chi connectivity index (χ4v) is 8.41. The predicted octanol–water partition coefficient (Wildman–Crippen LogP) is 5.89. The van der Waals surface area contributed by atoms with Crippen LogP contribution in [0.1, 0.15) is 72.7 Å². The zero-order chi connectivity index (χ0) is 30.1. The number of hydrogen-bond donors (Lipinski definition) is 1. The number of aromatic nitrogens is 2. The Kier molecular flexibility index (Phi) is 7.98. The highest BCUT2D eigenvalue weighted by atomic mass is 16.2. The molecule has 7 rings (SSSR count). The summed E-state index contributed by atoms with van der Waals surface area (Å²) in [5.41, 5.74) is 4.40. The molecule has 2 bridgehead atoms. The Morgan fingerprint density at radius 2 is 1.48 bits per heavy atom. The monoisotopic (exact) mass is 589 g/mol. The van der Waals surface area contributed by atoms with E-state index < -0.39 is 0 Å². The SMILES string of the molecule is Cc1nc2ccccc2n1C1CC2CCC(C1)N2CCC1(c2ccccc2)CCN(C(=O)CNC(=O)c2ccccc2)CC1. The lowest BCUT2D eigenvalue weighted by Crippen LogP contribution is -2.50. The van der Waals surface area contributed by atoms with Crippen LogP contribution in [-0.4, -0.2) is 69.4 Å². The van der Waals surface area contributed by atoms with Crippen molar-refractivity contribution in [3.63, 3.8) is 0 Å². The molecule has 2 amide bonds. The molecule has 1 aromatic heterocycles. The summed E-state index contributed by atoms with van der Waals surface area (Å²) in [6, 6.07) is 30.4. The maximum absolute atomic E-state index is 13.1. The zero-order valence-electron chi connectivity index (χ0n) is 25.7. The lowest BCUT2D eigenvalue weighted by molar-refractivity contribution is -0.131. The summed E-state index contributed by atoms with van der Waals surface area (Å²) in [6.45, 7) is 4.73. The Morgan fingerprint density at radius 3 is 2.18 bits per heavy atom. The number of nitrogens with zero attached hydrogens (tertiary/aromatic N) is 4. The van der Waals surface area contributed by atoms with Crippen molar-refractivity contribution in [3.8, 4) is 0 Å². The van der Waals surface area contributed by atoms with Gasteiger partial charge in [0.15, 0.2) is 0 Å². The number of amides is 2. The second-order valence-electron chi connectivity index (χ2n) is 13.1. The van der Waals surface area contributed by atoms with Crippen LogP contribution < -0.4 is 5.32 Å². The number of piperidine rings is 2.